The molecule has 0 aliphatic heterocycles. The van der Waals surface area contributed by atoms with Crippen molar-refractivity contribution in [3.05, 3.63) is 35.9 Å². The second-order valence-electron chi connectivity index (χ2n) is 6.04. The van der Waals surface area contributed by atoms with Gasteiger partial charge in [0.1, 0.15) is 6.04 Å². The maximum Gasteiger partial charge on any atom is 0.326 e. The van der Waals surface area contributed by atoms with E-state index in [1.807, 2.05) is 30.3 Å². The van der Waals surface area contributed by atoms with E-state index in [0.717, 1.165) is 31.2 Å². The van der Waals surface area contributed by atoms with Gasteiger partial charge in [0.05, 0.1) is 0 Å². The Morgan fingerprint density at radius 1 is 1.18 bits per heavy atom. The Bertz CT molecular complexity index is 496. The van der Waals surface area contributed by atoms with Gasteiger partial charge < -0.3 is 16.2 Å². The van der Waals surface area contributed by atoms with Crippen molar-refractivity contribution in [2.75, 3.05) is 6.54 Å². The van der Waals surface area contributed by atoms with Gasteiger partial charge in [-0.2, -0.15) is 0 Å². The van der Waals surface area contributed by atoms with Crippen LogP contribution in [0.15, 0.2) is 30.3 Å². The van der Waals surface area contributed by atoms with Crippen molar-refractivity contribution in [3.8, 4) is 0 Å². The third-order valence-corrected chi connectivity index (χ3v) is 4.45. The number of amides is 1. The molecule has 1 aromatic rings. The standard InChI is InChI=1S/C17H24N2O3/c18-11-13-6-8-14(9-7-13)16(20)19-15(17(21)22)10-12-4-2-1-3-5-12/h1-5,13-15H,6-11,18H2,(H,19,20)(H,21,22)/t13?,14?,15-/m0/s1. The van der Waals surface area contributed by atoms with Gasteiger partial charge in [0.15, 0.2) is 0 Å². The number of hydrogen-bond donors (Lipinski definition) is 3. The van der Waals surface area contributed by atoms with E-state index < -0.39 is 12.0 Å². The Labute approximate surface area is 130 Å². The van der Waals surface area contributed by atoms with Crippen LogP contribution in [0.2, 0.25) is 0 Å². The van der Waals surface area contributed by atoms with E-state index in [0.29, 0.717) is 18.9 Å². The van der Waals surface area contributed by atoms with Gasteiger partial charge in [-0.25, -0.2) is 4.79 Å². The summed E-state index contributed by atoms with van der Waals surface area (Å²) in [5.41, 5.74) is 6.56. The number of benzene rings is 1. The van der Waals surface area contributed by atoms with Crippen LogP contribution in [-0.2, 0) is 16.0 Å². The summed E-state index contributed by atoms with van der Waals surface area (Å²) < 4.78 is 0. The van der Waals surface area contributed by atoms with Crippen LogP contribution in [0.3, 0.4) is 0 Å². The van der Waals surface area contributed by atoms with Crippen LogP contribution in [0.4, 0.5) is 0 Å². The predicted molar refractivity (Wildman–Crippen MR) is 84.2 cm³/mol. The summed E-state index contributed by atoms with van der Waals surface area (Å²) in [5.74, 6) is -0.712. The average Bonchev–Trinajstić information content (AvgIpc) is 2.55. The number of carbonyl (C=O) groups is 2. The maximum atomic E-state index is 12.3. The van der Waals surface area contributed by atoms with Crippen molar-refractivity contribution < 1.29 is 14.7 Å². The maximum absolute atomic E-state index is 12.3. The molecule has 0 aromatic heterocycles. The van der Waals surface area contributed by atoms with Gasteiger partial charge >= 0.3 is 5.97 Å². The number of carbonyl (C=O) groups excluding carboxylic acids is 1. The molecule has 0 bridgehead atoms. The molecule has 0 spiro atoms. The summed E-state index contributed by atoms with van der Waals surface area (Å²) in [5, 5.41) is 12.0. The molecule has 4 N–H and O–H groups in total. The van der Waals surface area contributed by atoms with Crippen molar-refractivity contribution in [3.63, 3.8) is 0 Å². The van der Waals surface area contributed by atoms with Gasteiger partial charge in [-0.15, -0.1) is 0 Å². The summed E-state index contributed by atoms with van der Waals surface area (Å²) in [6.45, 7) is 0.667. The highest BCUT2D eigenvalue weighted by molar-refractivity contribution is 5.85. The monoisotopic (exact) mass is 304 g/mol. The second-order valence-corrected chi connectivity index (χ2v) is 6.04. The van der Waals surface area contributed by atoms with E-state index in [1.54, 1.807) is 0 Å². The molecule has 5 nitrogen and oxygen atoms in total. The lowest BCUT2D eigenvalue weighted by Gasteiger charge is -2.27. The normalized spacial score (nSPS) is 22.8. The van der Waals surface area contributed by atoms with Crippen LogP contribution >= 0.6 is 0 Å². The van der Waals surface area contributed by atoms with Crippen molar-refractivity contribution in [2.45, 2.75) is 38.1 Å². The van der Waals surface area contributed by atoms with Gasteiger partial charge in [-0.1, -0.05) is 30.3 Å². The molecular formula is C17H24N2O3. The Kier molecular flexibility index (Phi) is 5.95. The van der Waals surface area contributed by atoms with E-state index in [-0.39, 0.29) is 11.8 Å². The minimum atomic E-state index is -0.993. The molecule has 1 fully saturated rings. The Morgan fingerprint density at radius 2 is 1.82 bits per heavy atom. The number of carboxylic acids is 1. The lowest BCUT2D eigenvalue weighted by molar-refractivity contribution is -0.142. The fourth-order valence-corrected chi connectivity index (χ4v) is 3.00. The van der Waals surface area contributed by atoms with E-state index in [4.69, 9.17) is 5.73 Å². The van der Waals surface area contributed by atoms with Crippen LogP contribution in [0.1, 0.15) is 31.2 Å². The molecule has 1 aromatic carbocycles. The third-order valence-electron chi connectivity index (χ3n) is 4.45. The number of hydrogen-bond acceptors (Lipinski definition) is 3. The van der Waals surface area contributed by atoms with Gasteiger partial charge in [0.25, 0.3) is 0 Å². The SMILES string of the molecule is NCC1CCC(C(=O)N[C@@H](Cc2ccccc2)C(=O)O)CC1. The summed E-state index contributed by atoms with van der Waals surface area (Å²) in [7, 11) is 0. The third kappa shape index (κ3) is 4.56. The van der Waals surface area contributed by atoms with Crippen molar-refractivity contribution >= 4 is 11.9 Å². The fraction of sp³-hybridized carbons (Fsp3) is 0.529. The zero-order valence-corrected chi connectivity index (χ0v) is 12.7. The molecule has 1 amide bonds. The summed E-state index contributed by atoms with van der Waals surface area (Å²) in [4.78, 5) is 23.7. The molecule has 0 radical (unpaired) electrons. The highest BCUT2D eigenvalue weighted by Crippen LogP contribution is 2.28. The molecular weight excluding hydrogens is 280 g/mol. The molecule has 2 rings (SSSR count). The van der Waals surface area contributed by atoms with Crippen LogP contribution in [0.5, 0.6) is 0 Å². The highest BCUT2D eigenvalue weighted by Gasteiger charge is 2.28. The summed E-state index contributed by atoms with van der Waals surface area (Å²) in [6.07, 6.45) is 3.80. The van der Waals surface area contributed by atoms with Crippen molar-refractivity contribution in [2.24, 2.45) is 17.6 Å². The molecule has 1 aliphatic rings. The van der Waals surface area contributed by atoms with Crippen LogP contribution < -0.4 is 11.1 Å². The number of nitrogens with two attached hydrogens (primary N) is 1. The molecule has 0 unspecified atom stereocenters. The smallest absolute Gasteiger partial charge is 0.326 e. The fourth-order valence-electron chi connectivity index (χ4n) is 3.00. The first kappa shape index (κ1) is 16.5. The summed E-state index contributed by atoms with van der Waals surface area (Å²) in [6, 6.07) is 8.48. The summed E-state index contributed by atoms with van der Waals surface area (Å²) >= 11 is 0. The van der Waals surface area contributed by atoms with E-state index in [1.165, 1.54) is 0 Å². The minimum Gasteiger partial charge on any atom is -0.480 e. The highest BCUT2D eigenvalue weighted by atomic mass is 16.4. The zero-order chi connectivity index (χ0) is 15.9. The molecule has 0 saturated heterocycles. The molecule has 1 aliphatic carbocycles. The first-order chi connectivity index (χ1) is 10.6. The van der Waals surface area contributed by atoms with E-state index in [9.17, 15) is 14.7 Å². The van der Waals surface area contributed by atoms with Crippen LogP contribution in [0.25, 0.3) is 0 Å². The van der Waals surface area contributed by atoms with Crippen molar-refractivity contribution in [1.29, 1.82) is 0 Å². The Hall–Kier alpha value is -1.88. The topological polar surface area (TPSA) is 92.4 Å². The van der Waals surface area contributed by atoms with E-state index in [2.05, 4.69) is 5.32 Å². The number of carboxylic acid groups (broad SMARTS) is 1. The minimum absolute atomic E-state index is 0.0829. The predicted octanol–water partition coefficient (Wildman–Crippen LogP) is 1.56. The first-order valence-corrected chi connectivity index (χ1v) is 7.87. The lowest BCUT2D eigenvalue weighted by Crippen LogP contribution is -2.45. The molecule has 1 saturated carbocycles. The Morgan fingerprint density at radius 3 is 2.36 bits per heavy atom. The second kappa shape index (κ2) is 7.94. The first-order valence-electron chi connectivity index (χ1n) is 7.87. The molecule has 22 heavy (non-hydrogen) atoms. The van der Waals surface area contributed by atoms with Crippen LogP contribution in [-0.4, -0.2) is 29.6 Å². The van der Waals surface area contributed by atoms with Gasteiger partial charge in [-0.05, 0) is 43.7 Å². The average molecular weight is 304 g/mol. The molecule has 0 heterocycles. The number of aliphatic carboxylic acids is 1. The molecule has 1 atom stereocenters. The lowest BCUT2D eigenvalue weighted by atomic mass is 9.81. The van der Waals surface area contributed by atoms with Gasteiger partial charge in [0.2, 0.25) is 5.91 Å². The number of rotatable bonds is 6. The number of nitrogens with one attached hydrogen (secondary N) is 1. The Balaban J connectivity index is 1.91. The molecule has 120 valence electrons. The van der Waals surface area contributed by atoms with E-state index >= 15 is 0 Å². The van der Waals surface area contributed by atoms with Gasteiger partial charge in [0, 0.05) is 12.3 Å². The largest absolute Gasteiger partial charge is 0.480 e. The van der Waals surface area contributed by atoms with Crippen molar-refractivity contribution in [1.82, 2.24) is 5.32 Å². The zero-order valence-electron chi connectivity index (χ0n) is 12.7. The quantitative estimate of drug-likeness (QED) is 0.743. The molecule has 5 heteroatoms. The van der Waals surface area contributed by atoms with Crippen LogP contribution in [0, 0.1) is 11.8 Å². The van der Waals surface area contributed by atoms with Gasteiger partial charge in [-0.3, -0.25) is 4.79 Å².